The fourth-order valence-electron chi connectivity index (χ4n) is 1.94. The van der Waals surface area contributed by atoms with E-state index < -0.39 is 10.0 Å². The summed E-state index contributed by atoms with van der Waals surface area (Å²) in [6, 6.07) is 9.46. The van der Waals surface area contributed by atoms with Crippen LogP contribution in [0.3, 0.4) is 0 Å². The largest absolute Gasteiger partial charge is 0.493 e. The lowest BCUT2D eigenvalue weighted by Gasteiger charge is -2.11. The van der Waals surface area contributed by atoms with Crippen molar-refractivity contribution in [3.05, 3.63) is 51.5 Å². The second-order valence-corrected chi connectivity index (χ2v) is 7.76. The van der Waals surface area contributed by atoms with Crippen LogP contribution < -0.4 is 14.3 Å². The van der Waals surface area contributed by atoms with Gasteiger partial charge in [0.25, 0.3) is 10.0 Å². The third kappa shape index (κ3) is 5.10. The average molecular weight is 448 g/mol. The van der Waals surface area contributed by atoms with E-state index in [1.807, 2.05) is 6.92 Å². The van der Waals surface area contributed by atoms with Gasteiger partial charge in [-0.25, -0.2) is 4.83 Å². The van der Waals surface area contributed by atoms with Gasteiger partial charge in [0.1, 0.15) is 0 Å². The summed E-state index contributed by atoms with van der Waals surface area (Å²) in [6.07, 6.45) is 1.33. The maximum Gasteiger partial charge on any atom is 0.276 e. The van der Waals surface area contributed by atoms with E-state index in [-0.39, 0.29) is 4.90 Å². The van der Waals surface area contributed by atoms with Gasteiger partial charge in [-0.3, -0.25) is 0 Å². The number of sulfonamides is 1. The Labute approximate surface area is 160 Å². The zero-order valence-electron chi connectivity index (χ0n) is 13.5. The molecule has 0 radical (unpaired) electrons. The average Bonchev–Trinajstić information content (AvgIpc) is 2.57. The molecule has 134 valence electrons. The first-order valence-electron chi connectivity index (χ1n) is 7.18. The van der Waals surface area contributed by atoms with Crippen molar-refractivity contribution in [2.45, 2.75) is 11.8 Å². The van der Waals surface area contributed by atoms with Crippen molar-refractivity contribution in [1.82, 2.24) is 4.83 Å². The normalized spacial score (nSPS) is 11.5. The van der Waals surface area contributed by atoms with Crippen LogP contribution in [-0.4, -0.2) is 28.3 Å². The summed E-state index contributed by atoms with van der Waals surface area (Å²) in [5, 5.41) is 4.12. The monoisotopic (exact) mass is 446 g/mol. The van der Waals surface area contributed by atoms with Crippen molar-refractivity contribution in [3.8, 4) is 11.5 Å². The minimum atomic E-state index is -3.75. The minimum absolute atomic E-state index is 0.107. The van der Waals surface area contributed by atoms with Gasteiger partial charge in [0.2, 0.25) is 0 Å². The summed E-state index contributed by atoms with van der Waals surface area (Å²) in [4.78, 5) is 2.26. The summed E-state index contributed by atoms with van der Waals surface area (Å²) < 4.78 is 35.7. The van der Waals surface area contributed by atoms with E-state index in [4.69, 9.17) is 21.1 Å². The molecule has 0 aliphatic carbocycles. The van der Waals surface area contributed by atoms with Crippen LogP contribution in [0.4, 0.5) is 0 Å². The van der Waals surface area contributed by atoms with Gasteiger partial charge in [0, 0.05) is 4.47 Å². The summed E-state index contributed by atoms with van der Waals surface area (Å²) in [6.45, 7) is 2.28. The van der Waals surface area contributed by atoms with E-state index in [9.17, 15) is 8.42 Å². The molecule has 2 aromatic rings. The van der Waals surface area contributed by atoms with Crippen LogP contribution in [0, 0.1) is 0 Å². The molecule has 0 atom stereocenters. The molecule has 0 unspecified atom stereocenters. The van der Waals surface area contributed by atoms with Gasteiger partial charge < -0.3 is 9.47 Å². The van der Waals surface area contributed by atoms with Gasteiger partial charge in [-0.2, -0.15) is 13.5 Å². The third-order valence-electron chi connectivity index (χ3n) is 3.05. The molecule has 0 saturated heterocycles. The van der Waals surface area contributed by atoms with Gasteiger partial charge in [-0.15, -0.1) is 0 Å². The van der Waals surface area contributed by atoms with E-state index in [0.717, 1.165) is 4.47 Å². The van der Waals surface area contributed by atoms with Crippen LogP contribution in [0.25, 0.3) is 0 Å². The van der Waals surface area contributed by atoms with Crippen molar-refractivity contribution >= 4 is 43.8 Å². The predicted octanol–water partition coefficient (Wildman–Crippen LogP) is 3.82. The number of rotatable bonds is 7. The van der Waals surface area contributed by atoms with Crippen molar-refractivity contribution in [2.24, 2.45) is 5.10 Å². The fraction of sp³-hybridized carbons (Fsp3) is 0.188. The number of methoxy groups -OCH3 is 1. The summed E-state index contributed by atoms with van der Waals surface area (Å²) in [5.74, 6) is 0.867. The third-order valence-corrected chi connectivity index (χ3v) is 5.10. The molecule has 0 amide bonds. The SMILES string of the molecule is CCOc1c(Cl)cc(/C=N/NS(=O)(=O)c2ccc(Br)cc2)cc1OC. The summed E-state index contributed by atoms with van der Waals surface area (Å²) >= 11 is 9.42. The maximum atomic E-state index is 12.2. The molecule has 0 aliphatic rings. The van der Waals surface area contributed by atoms with E-state index in [0.29, 0.717) is 28.7 Å². The van der Waals surface area contributed by atoms with E-state index >= 15 is 0 Å². The molecule has 0 bridgehead atoms. The Balaban J connectivity index is 2.19. The number of ether oxygens (including phenoxy) is 2. The van der Waals surface area contributed by atoms with Crippen molar-refractivity contribution in [3.63, 3.8) is 0 Å². The predicted molar refractivity (Wildman–Crippen MR) is 101 cm³/mol. The summed E-state index contributed by atoms with van der Waals surface area (Å²) in [5.41, 5.74) is 0.559. The molecule has 6 nitrogen and oxygen atoms in total. The number of hydrogen-bond acceptors (Lipinski definition) is 5. The molecular formula is C16H16BrClN2O4S. The quantitative estimate of drug-likeness (QED) is 0.517. The number of hydrazone groups is 1. The van der Waals surface area contributed by atoms with E-state index in [1.165, 1.54) is 25.5 Å². The second-order valence-electron chi connectivity index (χ2n) is 4.77. The molecule has 1 N–H and O–H groups in total. The highest BCUT2D eigenvalue weighted by Crippen LogP contribution is 2.35. The van der Waals surface area contributed by atoms with Crippen molar-refractivity contribution in [2.75, 3.05) is 13.7 Å². The topological polar surface area (TPSA) is 77.0 Å². The molecule has 0 saturated carbocycles. The Kier molecular flexibility index (Phi) is 6.69. The molecular weight excluding hydrogens is 432 g/mol. The Morgan fingerprint density at radius 3 is 2.56 bits per heavy atom. The molecule has 0 heterocycles. The minimum Gasteiger partial charge on any atom is -0.493 e. The van der Waals surface area contributed by atoms with Crippen LogP contribution >= 0.6 is 27.5 Å². The van der Waals surface area contributed by atoms with Crippen molar-refractivity contribution < 1.29 is 17.9 Å². The van der Waals surface area contributed by atoms with Gasteiger partial charge in [0.05, 0.1) is 29.8 Å². The lowest BCUT2D eigenvalue weighted by atomic mass is 10.2. The molecule has 0 fully saturated rings. The van der Waals surface area contributed by atoms with Crippen LogP contribution in [0.5, 0.6) is 11.5 Å². The van der Waals surface area contributed by atoms with Gasteiger partial charge in [0.15, 0.2) is 11.5 Å². The Bertz CT molecular complexity index is 870. The Morgan fingerprint density at radius 2 is 1.96 bits per heavy atom. The van der Waals surface area contributed by atoms with Gasteiger partial charge >= 0.3 is 0 Å². The molecule has 0 spiro atoms. The molecule has 0 aliphatic heterocycles. The highest BCUT2D eigenvalue weighted by atomic mass is 79.9. The number of hydrogen-bond donors (Lipinski definition) is 1. The Morgan fingerprint density at radius 1 is 1.28 bits per heavy atom. The smallest absolute Gasteiger partial charge is 0.276 e. The molecule has 0 aromatic heterocycles. The highest BCUT2D eigenvalue weighted by molar-refractivity contribution is 9.10. The number of nitrogens with zero attached hydrogens (tertiary/aromatic N) is 1. The number of benzene rings is 2. The molecule has 9 heteroatoms. The van der Waals surface area contributed by atoms with Crippen LogP contribution in [0.1, 0.15) is 12.5 Å². The first-order valence-corrected chi connectivity index (χ1v) is 9.83. The zero-order valence-corrected chi connectivity index (χ0v) is 16.7. The summed E-state index contributed by atoms with van der Waals surface area (Å²) in [7, 11) is -2.26. The highest BCUT2D eigenvalue weighted by Gasteiger charge is 2.13. The lowest BCUT2D eigenvalue weighted by Crippen LogP contribution is -2.18. The van der Waals surface area contributed by atoms with Gasteiger partial charge in [-0.05, 0) is 48.9 Å². The number of halogens is 2. The second kappa shape index (κ2) is 8.55. The van der Waals surface area contributed by atoms with Crippen molar-refractivity contribution in [1.29, 1.82) is 0 Å². The van der Waals surface area contributed by atoms with Gasteiger partial charge in [-0.1, -0.05) is 27.5 Å². The molecule has 25 heavy (non-hydrogen) atoms. The van der Waals surface area contributed by atoms with Crippen LogP contribution in [0.2, 0.25) is 5.02 Å². The first-order chi connectivity index (χ1) is 11.9. The molecule has 2 rings (SSSR count). The van der Waals surface area contributed by atoms with Crippen LogP contribution in [-0.2, 0) is 10.0 Å². The molecule has 2 aromatic carbocycles. The fourth-order valence-corrected chi connectivity index (χ4v) is 3.26. The maximum absolute atomic E-state index is 12.2. The Hall–Kier alpha value is -1.77. The van der Waals surface area contributed by atoms with E-state index in [2.05, 4.69) is 25.9 Å². The lowest BCUT2D eigenvalue weighted by molar-refractivity contribution is 0.311. The zero-order chi connectivity index (χ0) is 18.4. The standard InChI is InChI=1S/C16H16BrClN2O4S/c1-3-24-16-14(18)8-11(9-15(16)23-2)10-19-20-25(21,22)13-6-4-12(17)5-7-13/h4-10,20H,3H2,1-2H3/b19-10+. The van der Waals surface area contributed by atoms with E-state index in [1.54, 1.807) is 24.3 Å². The van der Waals surface area contributed by atoms with Crippen LogP contribution in [0.15, 0.2) is 50.9 Å². The first kappa shape index (κ1) is 19.6. The number of nitrogens with one attached hydrogen (secondary N) is 1.